The van der Waals surface area contributed by atoms with Gasteiger partial charge in [-0.1, -0.05) is 6.07 Å². The second-order valence-corrected chi connectivity index (χ2v) is 5.66. The molecule has 2 aromatic rings. The summed E-state index contributed by atoms with van der Waals surface area (Å²) in [4.78, 5) is 0.206. The fourth-order valence-electron chi connectivity index (χ4n) is 1.77. The van der Waals surface area contributed by atoms with Crippen LogP contribution in [-0.2, 0) is 16.6 Å². The molecule has 0 aromatic heterocycles. The van der Waals surface area contributed by atoms with Crippen LogP contribution >= 0.6 is 0 Å². The Balaban J connectivity index is 2.23. The Morgan fingerprint density at radius 3 is 2.57 bits per heavy atom. The van der Waals surface area contributed by atoms with Crippen molar-refractivity contribution < 1.29 is 17.7 Å². The molecule has 0 saturated heterocycles. The molecule has 0 N–H and O–H groups in total. The summed E-state index contributed by atoms with van der Waals surface area (Å²) < 4.78 is 43.2. The molecule has 21 heavy (non-hydrogen) atoms. The van der Waals surface area contributed by atoms with E-state index < -0.39 is 22.4 Å². The van der Waals surface area contributed by atoms with Gasteiger partial charge < -0.3 is 4.74 Å². The summed E-state index contributed by atoms with van der Waals surface area (Å²) in [6.07, 6.45) is 0. The van der Waals surface area contributed by atoms with Crippen molar-refractivity contribution in [1.29, 1.82) is 5.26 Å². The van der Waals surface area contributed by atoms with E-state index in [4.69, 9.17) is 10.00 Å². The minimum atomic E-state index is -1.52. The third-order valence-corrected chi connectivity index (χ3v) is 4.21. The summed E-state index contributed by atoms with van der Waals surface area (Å²) in [5.41, 5.74) is 1.05. The second-order valence-electron chi connectivity index (χ2n) is 4.21. The van der Waals surface area contributed by atoms with Gasteiger partial charge in [0.05, 0.1) is 29.2 Å². The highest BCUT2D eigenvalue weighted by Crippen LogP contribution is 2.22. The SMILES string of the molecule is COc1cc(CS(=O)c2ccc(F)c(F)c2)ccc1C#N. The number of hydrogen-bond acceptors (Lipinski definition) is 3. The van der Waals surface area contributed by atoms with E-state index in [9.17, 15) is 13.0 Å². The lowest BCUT2D eigenvalue weighted by molar-refractivity contribution is 0.413. The highest BCUT2D eigenvalue weighted by Gasteiger charge is 2.11. The second kappa shape index (κ2) is 6.46. The van der Waals surface area contributed by atoms with Crippen LogP contribution in [0.15, 0.2) is 41.3 Å². The molecule has 0 radical (unpaired) electrons. The van der Waals surface area contributed by atoms with Gasteiger partial charge in [-0.15, -0.1) is 0 Å². The van der Waals surface area contributed by atoms with Gasteiger partial charge in [-0.05, 0) is 35.9 Å². The largest absolute Gasteiger partial charge is 0.495 e. The first-order chi connectivity index (χ1) is 10.0. The molecule has 108 valence electrons. The highest BCUT2D eigenvalue weighted by molar-refractivity contribution is 7.84. The zero-order chi connectivity index (χ0) is 15.4. The van der Waals surface area contributed by atoms with Crippen molar-refractivity contribution in [2.45, 2.75) is 10.6 Å². The number of methoxy groups -OCH3 is 1. The van der Waals surface area contributed by atoms with Gasteiger partial charge in [-0.3, -0.25) is 4.21 Å². The van der Waals surface area contributed by atoms with Crippen molar-refractivity contribution in [3.63, 3.8) is 0 Å². The minimum Gasteiger partial charge on any atom is -0.495 e. The van der Waals surface area contributed by atoms with Gasteiger partial charge in [-0.2, -0.15) is 5.26 Å². The molecule has 3 nitrogen and oxygen atoms in total. The molecule has 0 bridgehead atoms. The molecule has 0 aliphatic rings. The van der Waals surface area contributed by atoms with Crippen molar-refractivity contribution in [3.05, 3.63) is 59.2 Å². The van der Waals surface area contributed by atoms with E-state index in [1.807, 2.05) is 6.07 Å². The summed E-state index contributed by atoms with van der Waals surface area (Å²) in [6.45, 7) is 0. The van der Waals surface area contributed by atoms with Gasteiger partial charge in [0.2, 0.25) is 0 Å². The number of benzene rings is 2. The fourth-order valence-corrected chi connectivity index (χ4v) is 2.87. The third-order valence-electron chi connectivity index (χ3n) is 2.84. The van der Waals surface area contributed by atoms with E-state index in [0.717, 1.165) is 12.1 Å². The molecule has 2 rings (SSSR count). The van der Waals surface area contributed by atoms with Crippen molar-refractivity contribution >= 4 is 10.8 Å². The van der Waals surface area contributed by atoms with Crippen molar-refractivity contribution in [2.75, 3.05) is 7.11 Å². The number of rotatable bonds is 4. The van der Waals surface area contributed by atoms with Crippen LogP contribution in [-0.4, -0.2) is 11.3 Å². The zero-order valence-corrected chi connectivity index (χ0v) is 11.9. The quantitative estimate of drug-likeness (QED) is 0.872. The lowest BCUT2D eigenvalue weighted by Gasteiger charge is -2.07. The topological polar surface area (TPSA) is 50.1 Å². The average Bonchev–Trinajstić information content (AvgIpc) is 2.49. The first-order valence-electron chi connectivity index (χ1n) is 5.95. The lowest BCUT2D eigenvalue weighted by atomic mass is 10.1. The molecule has 0 aliphatic heterocycles. The highest BCUT2D eigenvalue weighted by atomic mass is 32.2. The molecule has 6 heteroatoms. The number of nitrogens with zero attached hydrogens (tertiary/aromatic N) is 1. The maximum Gasteiger partial charge on any atom is 0.160 e. The zero-order valence-electron chi connectivity index (χ0n) is 11.1. The number of nitriles is 1. The van der Waals surface area contributed by atoms with Crippen LogP contribution < -0.4 is 4.74 Å². The van der Waals surface area contributed by atoms with Gasteiger partial charge in [0.15, 0.2) is 11.6 Å². The van der Waals surface area contributed by atoms with Crippen LogP contribution in [0, 0.1) is 23.0 Å². The van der Waals surface area contributed by atoms with Crippen LogP contribution in [0.1, 0.15) is 11.1 Å². The van der Waals surface area contributed by atoms with Crippen LogP contribution in [0.25, 0.3) is 0 Å². The van der Waals surface area contributed by atoms with Gasteiger partial charge in [0.25, 0.3) is 0 Å². The maximum atomic E-state index is 13.1. The lowest BCUT2D eigenvalue weighted by Crippen LogP contribution is -1.99. The van der Waals surface area contributed by atoms with Gasteiger partial charge in [0.1, 0.15) is 11.8 Å². The summed E-state index contributed by atoms with van der Waals surface area (Å²) in [6, 6.07) is 9.96. The number of hydrogen-bond donors (Lipinski definition) is 0. The Bertz CT molecular complexity index is 741. The van der Waals surface area contributed by atoms with Crippen LogP contribution in [0.5, 0.6) is 5.75 Å². The fraction of sp³-hybridized carbons (Fsp3) is 0.133. The van der Waals surface area contributed by atoms with Gasteiger partial charge in [-0.25, -0.2) is 8.78 Å². The van der Waals surface area contributed by atoms with Crippen molar-refractivity contribution in [2.24, 2.45) is 0 Å². The van der Waals surface area contributed by atoms with E-state index in [0.29, 0.717) is 16.9 Å². The smallest absolute Gasteiger partial charge is 0.160 e. The Kier molecular flexibility index (Phi) is 4.66. The molecule has 1 unspecified atom stereocenters. The molecule has 0 heterocycles. The Morgan fingerprint density at radius 1 is 1.19 bits per heavy atom. The van der Waals surface area contributed by atoms with Crippen LogP contribution in [0.3, 0.4) is 0 Å². The van der Waals surface area contributed by atoms with Crippen LogP contribution in [0.2, 0.25) is 0 Å². The first kappa shape index (κ1) is 15.1. The molecule has 0 aliphatic carbocycles. The first-order valence-corrected chi connectivity index (χ1v) is 7.27. The predicted octanol–water partition coefficient (Wildman–Crippen LogP) is 3.15. The Hall–Kier alpha value is -2.26. The standard InChI is InChI=1S/C15H11F2NO2S/c1-20-15-6-10(2-3-11(15)8-18)9-21(19)12-4-5-13(16)14(17)7-12/h2-7H,9H2,1H3. The molecular weight excluding hydrogens is 296 g/mol. The summed E-state index contributed by atoms with van der Waals surface area (Å²) in [5, 5.41) is 8.89. The molecular formula is C15H11F2NO2S. The molecule has 2 aromatic carbocycles. The molecule has 0 amide bonds. The number of halogens is 2. The Labute approximate surface area is 123 Å². The van der Waals surface area contributed by atoms with Crippen LogP contribution in [0.4, 0.5) is 8.78 Å². The molecule has 0 spiro atoms. The molecule has 1 atom stereocenters. The number of ether oxygens (including phenoxy) is 1. The van der Waals surface area contributed by atoms with E-state index in [1.54, 1.807) is 18.2 Å². The van der Waals surface area contributed by atoms with E-state index in [-0.39, 0.29) is 10.6 Å². The maximum absolute atomic E-state index is 13.1. The van der Waals surface area contributed by atoms with Gasteiger partial charge >= 0.3 is 0 Å². The van der Waals surface area contributed by atoms with Crippen molar-refractivity contribution in [3.8, 4) is 11.8 Å². The molecule has 0 fully saturated rings. The normalized spacial score (nSPS) is 11.7. The average molecular weight is 307 g/mol. The summed E-state index contributed by atoms with van der Waals surface area (Å²) in [7, 11) is -0.0801. The van der Waals surface area contributed by atoms with E-state index in [2.05, 4.69) is 0 Å². The van der Waals surface area contributed by atoms with Crippen molar-refractivity contribution in [1.82, 2.24) is 0 Å². The molecule has 0 saturated carbocycles. The Morgan fingerprint density at radius 2 is 1.95 bits per heavy atom. The van der Waals surface area contributed by atoms with Gasteiger partial charge in [0, 0.05) is 4.90 Å². The minimum absolute atomic E-state index is 0.118. The summed E-state index contributed by atoms with van der Waals surface area (Å²) >= 11 is 0. The predicted molar refractivity (Wildman–Crippen MR) is 74.2 cm³/mol. The third kappa shape index (κ3) is 3.44. The monoisotopic (exact) mass is 307 g/mol. The van der Waals surface area contributed by atoms with E-state index >= 15 is 0 Å². The van der Waals surface area contributed by atoms with E-state index in [1.165, 1.54) is 13.2 Å². The summed E-state index contributed by atoms with van der Waals surface area (Å²) in [5.74, 6) is -1.50.